The molecule has 3 heteroatoms. The zero-order valence-electron chi connectivity index (χ0n) is 15.4. The summed E-state index contributed by atoms with van der Waals surface area (Å²) in [6, 6.07) is 19.1. The summed E-state index contributed by atoms with van der Waals surface area (Å²) in [5.74, 6) is 0.303. The number of hydrogen-bond donors (Lipinski definition) is 0. The SMILES string of the molecule is CCN(C)C=Nc1cc2cccc(C(C)c3ccccc3)c2nc1C. The van der Waals surface area contributed by atoms with E-state index in [-0.39, 0.29) is 0 Å². The first kappa shape index (κ1) is 17.2. The number of benzene rings is 2. The van der Waals surface area contributed by atoms with Gasteiger partial charge in [-0.25, -0.2) is 4.99 Å². The summed E-state index contributed by atoms with van der Waals surface area (Å²) in [6.45, 7) is 7.31. The molecule has 3 aromatic rings. The smallest absolute Gasteiger partial charge is 0.0910 e. The topological polar surface area (TPSA) is 28.5 Å². The molecule has 1 heterocycles. The Morgan fingerprint density at radius 2 is 1.88 bits per heavy atom. The van der Waals surface area contributed by atoms with Crippen molar-refractivity contribution in [1.82, 2.24) is 9.88 Å². The quantitative estimate of drug-likeness (QED) is 0.468. The summed E-state index contributed by atoms with van der Waals surface area (Å²) in [4.78, 5) is 11.5. The van der Waals surface area contributed by atoms with Gasteiger partial charge in [-0.2, -0.15) is 0 Å². The van der Waals surface area contributed by atoms with Crippen molar-refractivity contribution in [3.8, 4) is 0 Å². The maximum absolute atomic E-state index is 4.89. The van der Waals surface area contributed by atoms with Crippen molar-refractivity contribution in [2.45, 2.75) is 26.7 Å². The van der Waals surface area contributed by atoms with Crippen LogP contribution >= 0.6 is 0 Å². The van der Waals surface area contributed by atoms with Crippen LogP contribution in [-0.4, -0.2) is 29.8 Å². The van der Waals surface area contributed by atoms with Crippen molar-refractivity contribution in [1.29, 1.82) is 0 Å². The lowest BCUT2D eigenvalue weighted by molar-refractivity contribution is 0.552. The number of para-hydroxylation sites is 1. The highest BCUT2D eigenvalue weighted by atomic mass is 15.1. The summed E-state index contributed by atoms with van der Waals surface area (Å²) in [5, 5.41) is 1.14. The van der Waals surface area contributed by atoms with Crippen LogP contribution in [-0.2, 0) is 0 Å². The number of aryl methyl sites for hydroxylation is 1. The normalized spacial score (nSPS) is 12.6. The Morgan fingerprint density at radius 1 is 1.12 bits per heavy atom. The monoisotopic (exact) mass is 331 g/mol. The average molecular weight is 331 g/mol. The largest absolute Gasteiger partial charge is 0.366 e. The van der Waals surface area contributed by atoms with Crippen LogP contribution in [0.5, 0.6) is 0 Å². The fourth-order valence-corrected chi connectivity index (χ4v) is 2.95. The van der Waals surface area contributed by atoms with Crippen molar-refractivity contribution in [3.05, 3.63) is 71.4 Å². The van der Waals surface area contributed by atoms with Crippen LogP contribution in [0.15, 0.2) is 59.6 Å². The Kier molecular flexibility index (Phi) is 5.13. The van der Waals surface area contributed by atoms with Crippen LogP contribution in [0, 0.1) is 6.92 Å². The second kappa shape index (κ2) is 7.47. The van der Waals surface area contributed by atoms with E-state index in [9.17, 15) is 0 Å². The van der Waals surface area contributed by atoms with Gasteiger partial charge in [0.15, 0.2) is 0 Å². The molecular formula is C22H25N3. The second-order valence-electron chi connectivity index (χ2n) is 6.46. The molecule has 1 aromatic heterocycles. The van der Waals surface area contributed by atoms with Gasteiger partial charge in [0.25, 0.3) is 0 Å². The number of hydrogen-bond acceptors (Lipinski definition) is 2. The molecule has 0 radical (unpaired) electrons. The predicted octanol–water partition coefficient (Wildman–Crippen LogP) is 5.31. The molecule has 0 saturated carbocycles. The van der Waals surface area contributed by atoms with Gasteiger partial charge in [-0.15, -0.1) is 0 Å². The number of fused-ring (bicyclic) bond motifs is 1. The van der Waals surface area contributed by atoms with E-state index < -0.39 is 0 Å². The molecule has 0 aliphatic heterocycles. The maximum atomic E-state index is 4.89. The van der Waals surface area contributed by atoms with Gasteiger partial charge in [-0.1, -0.05) is 55.5 Å². The first-order valence-electron chi connectivity index (χ1n) is 8.79. The van der Waals surface area contributed by atoms with E-state index in [1.54, 1.807) is 0 Å². The summed E-state index contributed by atoms with van der Waals surface area (Å²) in [5.41, 5.74) is 5.52. The molecule has 0 N–H and O–H groups in total. The minimum atomic E-state index is 0.303. The van der Waals surface area contributed by atoms with E-state index in [0.29, 0.717) is 5.92 Å². The molecule has 2 aromatic carbocycles. The van der Waals surface area contributed by atoms with Crippen LogP contribution in [0.2, 0.25) is 0 Å². The maximum Gasteiger partial charge on any atom is 0.0910 e. The molecule has 0 saturated heterocycles. The molecule has 3 nitrogen and oxygen atoms in total. The molecule has 0 amide bonds. The van der Waals surface area contributed by atoms with E-state index in [0.717, 1.165) is 28.8 Å². The Morgan fingerprint density at radius 3 is 2.60 bits per heavy atom. The molecule has 0 fully saturated rings. The standard InChI is InChI=1S/C22H25N3/c1-5-25(4)15-23-21-14-19-12-9-13-20(22(19)24-17(21)3)16(2)18-10-7-6-8-11-18/h6-16H,5H2,1-4H3. The highest BCUT2D eigenvalue weighted by Gasteiger charge is 2.13. The van der Waals surface area contributed by atoms with Crippen molar-refractivity contribution < 1.29 is 0 Å². The van der Waals surface area contributed by atoms with Gasteiger partial charge < -0.3 is 4.90 Å². The van der Waals surface area contributed by atoms with Gasteiger partial charge in [0.2, 0.25) is 0 Å². The molecule has 0 bridgehead atoms. The highest BCUT2D eigenvalue weighted by Crippen LogP contribution is 2.31. The minimum Gasteiger partial charge on any atom is -0.366 e. The third-order valence-electron chi connectivity index (χ3n) is 4.70. The summed E-state index contributed by atoms with van der Waals surface area (Å²) < 4.78 is 0. The van der Waals surface area contributed by atoms with E-state index >= 15 is 0 Å². The Labute approximate surface area is 150 Å². The molecule has 25 heavy (non-hydrogen) atoms. The Bertz CT molecular complexity index is 884. The number of aliphatic imine (C=N–C) groups is 1. The number of pyridine rings is 1. The summed E-state index contributed by atoms with van der Waals surface area (Å²) >= 11 is 0. The van der Waals surface area contributed by atoms with Crippen molar-refractivity contribution in [3.63, 3.8) is 0 Å². The van der Waals surface area contributed by atoms with Crippen molar-refractivity contribution >= 4 is 22.9 Å². The van der Waals surface area contributed by atoms with E-state index in [2.05, 4.69) is 78.3 Å². The first-order valence-corrected chi connectivity index (χ1v) is 8.79. The van der Waals surface area contributed by atoms with E-state index in [4.69, 9.17) is 4.98 Å². The molecule has 0 spiro atoms. The average Bonchev–Trinajstić information content (AvgIpc) is 2.65. The predicted molar refractivity (Wildman–Crippen MR) is 107 cm³/mol. The number of nitrogens with zero attached hydrogens (tertiary/aromatic N) is 3. The second-order valence-corrected chi connectivity index (χ2v) is 6.46. The van der Waals surface area contributed by atoms with Crippen LogP contribution < -0.4 is 0 Å². The van der Waals surface area contributed by atoms with Gasteiger partial charge >= 0.3 is 0 Å². The lowest BCUT2D eigenvalue weighted by Gasteiger charge is -2.16. The lowest BCUT2D eigenvalue weighted by atomic mass is 9.91. The van der Waals surface area contributed by atoms with E-state index in [1.165, 1.54) is 11.1 Å². The molecule has 1 unspecified atom stereocenters. The van der Waals surface area contributed by atoms with Crippen LogP contribution in [0.4, 0.5) is 5.69 Å². The lowest BCUT2D eigenvalue weighted by Crippen LogP contribution is -2.14. The van der Waals surface area contributed by atoms with Gasteiger partial charge in [-0.3, -0.25) is 4.98 Å². The first-order chi connectivity index (χ1) is 12.1. The van der Waals surface area contributed by atoms with Gasteiger partial charge in [-0.05, 0) is 31.0 Å². The zero-order valence-corrected chi connectivity index (χ0v) is 15.4. The van der Waals surface area contributed by atoms with Crippen LogP contribution in [0.25, 0.3) is 10.9 Å². The van der Waals surface area contributed by atoms with Crippen LogP contribution in [0.1, 0.15) is 36.6 Å². The zero-order chi connectivity index (χ0) is 17.8. The number of rotatable bonds is 5. The molecule has 0 aliphatic rings. The number of aromatic nitrogens is 1. The highest BCUT2D eigenvalue weighted by molar-refractivity contribution is 5.86. The molecule has 1 atom stereocenters. The minimum absolute atomic E-state index is 0.303. The molecule has 128 valence electrons. The van der Waals surface area contributed by atoms with Gasteiger partial charge in [0.05, 0.1) is 23.2 Å². The fourth-order valence-electron chi connectivity index (χ4n) is 2.95. The Balaban J connectivity index is 2.05. The van der Waals surface area contributed by atoms with Crippen LogP contribution in [0.3, 0.4) is 0 Å². The summed E-state index contributed by atoms with van der Waals surface area (Å²) in [6.07, 6.45) is 1.87. The fraction of sp³-hybridized carbons (Fsp3) is 0.273. The van der Waals surface area contributed by atoms with Crippen molar-refractivity contribution in [2.75, 3.05) is 13.6 Å². The molecular weight excluding hydrogens is 306 g/mol. The summed E-state index contributed by atoms with van der Waals surface area (Å²) in [7, 11) is 2.02. The molecule has 0 aliphatic carbocycles. The van der Waals surface area contributed by atoms with E-state index in [1.807, 2.05) is 20.3 Å². The van der Waals surface area contributed by atoms with Gasteiger partial charge in [0, 0.05) is 24.9 Å². The van der Waals surface area contributed by atoms with Gasteiger partial charge in [0.1, 0.15) is 0 Å². The third kappa shape index (κ3) is 3.71. The third-order valence-corrected chi connectivity index (χ3v) is 4.70. The Hall–Kier alpha value is -2.68. The molecule has 3 rings (SSSR count). The van der Waals surface area contributed by atoms with Crippen molar-refractivity contribution in [2.24, 2.45) is 4.99 Å².